The van der Waals surface area contributed by atoms with Crippen molar-refractivity contribution in [2.75, 3.05) is 6.61 Å². The largest absolute Gasteiger partial charge is 0.484 e. The summed E-state index contributed by atoms with van der Waals surface area (Å²) < 4.78 is 20.8. The average Bonchev–Trinajstić information content (AvgIpc) is 3.10. The lowest BCUT2D eigenvalue weighted by Crippen LogP contribution is -2.34. The first kappa shape index (κ1) is 20.6. The number of hydrogen-bond acceptors (Lipinski definition) is 3. The number of rotatable bonds is 6. The molecule has 2 aromatic carbocycles. The van der Waals surface area contributed by atoms with Gasteiger partial charge in [0.1, 0.15) is 23.4 Å². The van der Waals surface area contributed by atoms with E-state index in [1.165, 1.54) is 17.7 Å². The molecular formula is C23H26FN3O2. The van der Waals surface area contributed by atoms with Crippen molar-refractivity contribution in [3.05, 3.63) is 83.7 Å². The quantitative estimate of drug-likeness (QED) is 0.682. The molecule has 0 fully saturated rings. The van der Waals surface area contributed by atoms with Gasteiger partial charge in [0.2, 0.25) is 0 Å². The van der Waals surface area contributed by atoms with Crippen molar-refractivity contribution in [2.45, 2.75) is 32.2 Å². The molecule has 0 radical (unpaired) electrons. The number of carbonyl (C=O) groups is 1. The SMILES string of the molecule is Cn1ccnc1C(NC(=O)COc1ccc(C(C)(C)C)cc1)c1ccc(F)cc1. The van der Waals surface area contributed by atoms with Gasteiger partial charge in [0.15, 0.2) is 6.61 Å². The van der Waals surface area contributed by atoms with E-state index in [2.05, 4.69) is 31.1 Å². The first-order valence-electron chi connectivity index (χ1n) is 9.49. The standard InChI is InChI=1S/C23H26FN3O2/c1-23(2,3)17-7-11-19(12-8-17)29-15-20(28)26-21(22-25-13-14-27(22)4)16-5-9-18(24)10-6-16/h5-14,21H,15H2,1-4H3,(H,26,28). The maximum Gasteiger partial charge on any atom is 0.258 e. The Kier molecular flexibility index (Phi) is 6.01. The van der Waals surface area contributed by atoms with Crippen LogP contribution in [0.5, 0.6) is 5.75 Å². The van der Waals surface area contributed by atoms with Gasteiger partial charge in [-0.3, -0.25) is 4.79 Å². The van der Waals surface area contributed by atoms with Crippen molar-refractivity contribution >= 4 is 5.91 Å². The van der Waals surface area contributed by atoms with Crippen LogP contribution in [-0.2, 0) is 17.3 Å². The lowest BCUT2D eigenvalue weighted by Gasteiger charge is -2.20. The second-order valence-electron chi connectivity index (χ2n) is 8.01. The Hall–Kier alpha value is -3.15. The lowest BCUT2D eigenvalue weighted by atomic mass is 9.87. The summed E-state index contributed by atoms with van der Waals surface area (Å²) in [5, 5.41) is 2.93. The molecule has 152 valence electrons. The minimum Gasteiger partial charge on any atom is -0.484 e. The second-order valence-corrected chi connectivity index (χ2v) is 8.01. The Bertz CT molecular complexity index is 957. The van der Waals surface area contributed by atoms with Gasteiger partial charge in [-0.15, -0.1) is 0 Å². The first-order valence-corrected chi connectivity index (χ1v) is 9.49. The van der Waals surface area contributed by atoms with Gasteiger partial charge in [-0.25, -0.2) is 9.37 Å². The molecule has 0 bridgehead atoms. The van der Waals surface area contributed by atoms with E-state index < -0.39 is 6.04 Å². The number of hydrogen-bond donors (Lipinski definition) is 1. The summed E-state index contributed by atoms with van der Waals surface area (Å²) in [6, 6.07) is 13.2. The normalized spacial score (nSPS) is 12.4. The zero-order chi connectivity index (χ0) is 21.0. The van der Waals surface area contributed by atoms with Crippen LogP contribution in [0.1, 0.15) is 43.8 Å². The van der Waals surface area contributed by atoms with E-state index in [9.17, 15) is 9.18 Å². The van der Waals surface area contributed by atoms with E-state index in [-0.39, 0.29) is 23.7 Å². The summed E-state index contributed by atoms with van der Waals surface area (Å²) in [5.41, 5.74) is 1.99. The van der Waals surface area contributed by atoms with Crippen LogP contribution >= 0.6 is 0 Å². The number of aryl methyl sites for hydroxylation is 1. The fourth-order valence-corrected chi connectivity index (χ4v) is 3.01. The molecule has 0 saturated heterocycles. The van der Waals surface area contributed by atoms with Crippen LogP contribution in [0.2, 0.25) is 0 Å². The number of benzene rings is 2. The Morgan fingerprint density at radius 3 is 2.34 bits per heavy atom. The van der Waals surface area contributed by atoms with Gasteiger partial charge in [0.05, 0.1) is 0 Å². The molecule has 3 aromatic rings. The van der Waals surface area contributed by atoms with Gasteiger partial charge in [-0.05, 0) is 40.8 Å². The predicted octanol–water partition coefficient (Wildman–Crippen LogP) is 4.14. The van der Waals surface area contributed by atoms with E-state index in [0.29, 0.717) is 11.6 Å². The summed E-state index contributed by atoms with van der Waals surface area (Å²) >= 11 is 0. The number of carbonyl (C=O) groups excluding carboxylic acids is 1. The number of aromatic nitrogens is 2. The fraction of sp³-hybridized carbons (Fsp3) is 0.304. The minimum absolute atomic E-state index is 0.0559. The summed E-state index contributed by atoms with van der Waals surface area (Å²) in [6.07, 6.45) is 3.45. The van der Waals surface area contributed by atoms with Crippen molar-refractivity contribution in [2.24, 2.45) is 7.05 Å². The number of amides is 1. The van der Waals surface area contributed by atoms with Crippen molar-refractivity contribution in [1.29, 1.82) is 0 Å². The van der Waals surface area contributed by atoms with Crippen LogP contribution in [0, 0.1) is 5.82 Å². The smallest absolute Gasteiger partial charge is 0.258 e. The minimum atomic E-state index is -0.505. The molecule has 1 aromatic heterocycles. The molecule has 0 spiro atoms. The number of nitrogens with zero attached hydrogens (tertiary/aromatic N) is 2. The van der Waals surface area contributed by atoms with Crippen LogP contribution in [0.15, 0.2) is 60.9 Å². The van der Waals surface area contributed by atoms with Crippen LogP contribution < -0.4 is 10.1 Å². The van der Waals surface area contributed by atoms with Crippen LogP contribution in [-0.4, -0.2) is 22.1 Å². The number of imidazole rings is 1. The average molecular weight is 395 g/mol. The van der Waals surface area contributed by atoms with E-state index in [4.69, 9.17) is 4.74 Å². The van der Waals surface area contributed by atoms with Crippen LogP contribution in [0.3, 0.4) is 0 Å². The number of ether oxygens (including phenoxy) is 1. The maximum atomic E-state index is 13.3. The molecule has 1 unspecified atom stereocenters. The van der Waals surface area contributed by atoms with E-state index >= 15 is 0 Å². The van der Waals surface area contributed by atoms with Crippen LogP contribution in [0.4, 0.5) is 4.39 Å². The van der Waals surface area contributed by atoms with Crippen molar-refractivity contribution in [3.63, 3.8) is 0 Å². The van der Waals surface area contributed by atoms with Gasteiger partial charge in [0, 0.05) is 19.4 Å². The summed E-state index contributed by atoms with van der Waals surface area (Å²) in [4.78, 5) is 16.9. The van der Waals surface area contributed by atoms with E-state index in [0.717, 1.165) is 5.56 Å². The molecule has 3 rings (SSSR count). The highest BCUT2D eigenvalue weighted by atomic mass is 19.1. The Labute approximate surface area is 170 Å². The van der Waals surface area contributed by atoms with Crippen molar-refractivity contribution in [3.8, 4) is 5.75 Å². The molecule has 5 nitrogen and oxygen atoms in total. The molecule has 0 aliphatic carbocycles. The predicted molar refractivity (Wildman–Crippen MR) is 110 cm³/mol. The third-order valence-corrected chi connectivity index (χ3v) is 4.72. The third-order valence-electron chi connectivity index (χ3n) is 4.72. The van der Waals surface area contributed by atoms with Gasteiger partial charge in [-0.1, -0.05) is 45.0 Å². The molecule has 1 heterocycles. The zero-order valence-corrected chi connectivity index (χ0v) is 17.1. The van der Waals surface area contributed by atoms with Crippen LogP contribution in [0.25, 0.3) is 0 Å². The third kappa shape index (κ3) is 5.22. The number of halogens is 1. The monoisotopic (exact) mass is 395 g/mol. The van der Waals surface area contributed by atoms with Gasteiger partial charge >= 0.3 is 0 Å². The van der Waals surface area contributed by atoms with Gasteiger partial charge in [0.25, 0.3) is 5.91 Å². The van der Waals surface area contributed by atoms with Crippen molar-refractivity contribution in [1.82, 2.24) is 14.9 Å². The highest BCUT2D eigenvalue weighted by Gasteiger charge is 2.21. The van der Waals surface area contributed by atoms with Crippen molar-refractivity contribution < 1.29 is 13.9 Å². The molecule has 1 N–H and O–H groups in total. The molecule has 0 saturated carbocycles. The summed E-state index contributed by atoms with van der Waals surface area (Å²) in [5.74, 6) is 0.658. The second kappa shape index (κ2) is 8.47. The Morgan fingerprint density at radius 1 is 1.14 bits per heavy atom. The summed E-state index contributed by atoms with van der Waals surface area (Å²) in [7, 11) is 1.85. The molecular weight excluding hydrogens is 369 g/mol. The van der Waals surface area contributed by atoms with Gasteiger partial charge < -0.3 is 14.6 Å². The Morgan fingerprint density at radius 2 is 1.79 bits per heavy atom. The maximum absolute atomic E-state index is 13.3. The van der Waals surface area contributed by atoms with E-state index in [1.54, 1.807) is 24.5 Å². The van der Waals surface area contributed by atoms with Gasteiger partial charge in [-0.2, -0.15) is 0 Å². The highest BCUT2D eigenvalue weighted by molar-refractivity contribution is 5.78. The molecule has 6 heteroatoms. The topological polar surface area (TPSA) is 56.2 Å². The zero-order valence-electron chi connectivity index (χ0n) is 17.1. The molecule has 29 heavy (non-hydrogen) atoms. The molecule has 0 aliphatic heterocycles. The first-order chi connectivity index (χ1) is 13.7. The molecule has 1 atom stereocenters. The fourth-order valence-electron chi connectivity index (χ4n) is 3.01. The number of nitrogens with one attached hydrogen (secondary N) is 1. The highest BCUT2D eigenvalue weighted by Crippen LogP contribution is 2.24. The molecule has 0 aliphatic rings. The Balaban J connectivity index is 1.69. The van der Waals surface area contributed by atoms with E-state index in [1.807, 2.05) is 35.9 Å². The molecule has 1 amide bonds. The lowest BCUT2D eigenvalue weighted by molar-refractivity contribution is -0.123. The summed E-state index contributed by atoms with van der Waals surface area (Å²) in [6.45, 7) is 6.30.